The number of piperidine rings is 1. The van der Waals surface area contributed by atoms with Crippen molar-refractivity contribution >= 4 is 0 Å². The monoisotopic (exact) mass is 381 g/mol. The summed E-state index contributed by atoms with van der Waals surface area (Å²) in [5.41, 5.74) is 1.35. The van der Waals surface area contributed by atoms with Gasteiger partial charge in [-0.2, -0.15) is 0 Å². The predicted octanol–water partition coefficient (Wildman–Crippen LogP) is 2.50. The molecule has 0 amide bonds. The van der Waals surface area contributed by atoms with Crippen molar-refractivity contribution in [2.75, 3.05) is 6.54 Å². The summed E-state index contributed by atoms with van der Waals surface area (Å²) in [4.78, 5) is 4.00. The van der Waals surface area contributed by atoms with Gasteiger partial charge in [-0.15, -0.1) is 10.2 Å². The lowest BCUT2D eigenvalue weighted by atomic mass is 9.99. The van der Waals surface area contributed by atoms with Crippen molar-refractivity contribution in [1.29, 1.82) is 0 Å². The molecule has 144 valence electrons. The number of hydrogen-bond acceptors (Lipinski definition) is 6. The van der Waals surface area contributed by atoms with E-state index in [1.165, 1.54) is 0 Å². The molecule has 2 fully saturated rings. The molecule has 0 spiro atoms. The van der Waals surface area contributed by atoms with E-state index >= 15 is 0 Å². The molecule has 7 nitrogen and oxygen atoms in total. The van der Waals surface area contributed by atoms with Crippen LogP contribution in [-0.2, 0) is 0 Å². The van der Waals surface area contributed by atoms with Crippen LogP contribution in [0.4, 0.5) is 4.39 Å². The number of halogens is 1. The summed E-state index contributed by atoms with van der Waals surface area (Å²) in [5.74, 6) is 0.522. The van der Waals surface area contributed by atoms with Crippen molar-refractivity contribution in [1.82, 2.24) is 25.1 Å². The Morgan fingerprint density at radius 1 is 1.29 bits per heavy atom. The molecule has 4 atom stereocenters. The zero-order valence-corrected chi connectivity index (χ0v) is 15.3. The number of imidazole rings is 1. The number of aromatic nitrogens is 4. The van der Waals surface area contributed by atoms with Crippen LogP contribution in [0.25, 0.3) is 16.9 Å². The first-order chi connectivity index (χ1) is 13.5. The number of alkyl halides is 1. The fourth-order valence-corrected chi connectivity index (χ4v) is 4.23. The molecule has 1 aliphatic heterocycles. The Morgan fingerprint density at radius 3 is 2.82 bits per heavy atom. The van der Waals surface area contributed by atoms with Crippen LogP contribution in [0.3, 0.4) is 0 Å². The number of nitrogens with zero attached hydrogens (tertiary/aromatic N) is 4. The highest BCUT2D eigenvalue weighted by Crippen LogP contribution is 2.43. The minimum Gasteiger partial charge on any atom is -0.507 e. The van der Waals surface area contributed by atoms with Gasteiger partial charge in [0, 0.05) is 42.6 Å². The zero-order chi connectivity index (χ0) is 19.3. The van der Waals surface area contributed by atoms with Gasteiger partial charge in [-0.3, -0.25) is 0 Å². The van der Waals surface area contributed by atoms with Gasteiger partial charge in [0.25, 0.3) is 0 Å². The lowest BCUT2D eigenvalue weighted by molar-refractivity contribution is 0.0407. The minimum absolute atomic E-state index is 0.0880. The van der Waals surface area contributed by atoms with E-state index in [9.17, 15) is 9.50 Å². The first kappa shape index (κ1) is 17.1. The maximum atomic E-state index is 14.6. The van der Waals surface area contributed by atoms with Crippen molar-refractivity contribution in [3.63, 3.8) is 0 Å². The number of hydrogen-bond donors (Lipinski definition) is 2. The Kier molecular flexibility index (Phi) is 3.83. The number of ether oxygens (including phenoxy) is 1. The van der Waals surface area contributed by atoms with Crippen molar-refractivity contribution in [2.24, 2.45) is 5.92 Å². The van der Waals surface area contributed by atoms with Gasteiger partial charge in [0.05, 0.1) is 23.2 Å². The van der Waals surface area contributed by atoms with E-state index in [0.29, 0.717) is 17.1 Å². The zero-order valence-electron chi connectivity index (χ0n) is 15.3. The molecule has 2 N–H and O–H groups in total. The number of aromatic hydroxyl groups is 1. The van der Waals surface area contributed by atoms with E-state index in [-0.39, 0.29) is 11.7 Å². The summed E-state index contributed by atoms with van der Waals surface area (Å²) in [6.45, 7) is 2.65. The molecule has 28 heavy (non-hydrogen) atoms. The van der Waals surface area contributed by atoms with E-state index in [4.69, 9.17) is 4.74 Å². The van der Waals surface area contributed by atoms with Crippen LogP contribution in [0.1, 0.15) is 13.3 Å². The van der Waals surface area contributed by atoms with Crippen molar-refractivity contribution in [2.45, 2.75) is 31.2 Å². The number of benzene rings is 1. The largest absolute Gasteiger partial charge is 0.507 e. The summed E-state index contributed by atoms with van der Waals surface area (Å²) in [6.07, 6.45) is 4.31. The molecule has 1 unspecified atom stereocenters. The lowest BCUT2D eigenvalue weighted by Crippen LogP contribution is -2.53. The van der Waals surface area contributed by atoms with Crippen LogP contribution >= 0.6 is 0 Å². The Hall–Kier alpha value is -3.00. The third-order valence-corrected chi connectivity index (χ3v) is 5.77. The number of phenolic OH excluding ortho intramolecular Hbond substituents is 1. The van der Waals surface area contributed by atoms with E-state index in [1.54, 1.807) is 47.6 Å². The molecule has 5 rings (SSSR count). The number of phenols is 1. The Morgan fingerprint density at radius 2 is 2.18 bits per heavy atom. The first-order valence-electron chi connectivity index (χ1n) is 9.25. The van der Waals surface area contributed by atoms with Crippen molar-refractivity contribution < 1.29 is 14.2 Å². The van der Waals surface area contributed by atoms with Crippen LogP contribution in [0, 0.1) is 5.92 Å². The first-order valence-corrected chi connectivity index (χ1v) is 9.25. The summed E-state index contributed by atoms with van der Waals surface area (Å²) in [5, 5.41) is 21.9. The summed E-state index contributed by atoms with van der Waals surface area (Å²) in [7, 11) is 0. The van der Waals surface area contributed by atoms with E-state index < -0.39 is 17.8 Å². The SMILES string of the molecule is C[C@]12CC(CN1)[C@@H](Oc1ccc(-c3ccc(-n4ccnc4)cc3O)nn1)[C@H]2F. The average Bonchev–Trinajstić information content (AvgIpc) is 3.41. The molecule has 2 aromatic heterocycles. The van der Waals surface area contributed by atoms with Crippen LogP contribution < -0.4 is 10.1 Å². The molecule has 1 aromatic carbocycles. The molecule has 2 aliphatic rings. The molecular weight excluding hydrogens is 361 g/mol. The third-order valence-electron chi connectivity index (χ3n) is 5.77. The second kappa shape index (κ2) is 6.27. The molecule has 1 saturated heterocycles. The van der Waals surface area contributed by atoms with E-state index in [0.717, 1.165) is 18.7 Å². The van der Waals surface area contributed by atoms with E-state index in [1.807, 2.05) is 13.0 Å². The quantitative estimate of drug-likeness (QED) is 0.722. The third kappa shape index (κ3) is 2.72. The van der Waals surface area contributed by atoms with Gasteiger partial charge in [-0.1, -0.05) is 0 Å². The van der Waals surface area contributed by atoms with Gasteiger partial charge in [-0.05, 0) is 31.5 Å². The molecule has 3 heterocycles. The van der Waals surface area contributed by atoms with Crippen molar-refractivity contribution in [3.05, 3.63) is 49.1 Å². The molecule has 0 radical (unpaired) electrons. The van der Waals surface area contributed by atoms with Crippen LogP contribution in [0.2, 0.25) is 0 Å². The van der Waals surface area contributed by atoms with Gasteiger partial charge >= 0.3 is 0 Å². The number of nitrogens with one attached hydrogen (secondary N) is 1. The minimum atomic E-state index is -1.08. The number of rotatable bonds is 4. The maximum Gasteiger partial charge on any atom is 0.233 e. The smallest absolute Gasteiger partial charge is 0.233 e. The molecule has 3 aromatic rings. The molecular formula is C20H20FN5O2. The normalized spacial score (nSPS) is 28.6. The lowest BCUT2D eigenvalue weighted by Gasteiger charge is -2.32. The van der Waals surface area contributed by atoms with Gasteiger partial charge in [0.1, 0.15) is 11.9 Å². The molecule has 1 saturated carbocycles. The van der Waals surface area contributed by atoms with E-state index in [2.05, 4.69) is 20.5 Å². The fourth-order valence-electron chi connectivity index (χ4n) is 4.23. The second-order valence-electron chi connectivity index (χ2n) is 7.68. The van der Waals surface area contributed by atoms with Crippen LogP contribution in [0.15, 0.2) is 49.1 Å². The molecule has 8 heteroatoms. The highest BCUT2D eigenvalue weighted by atomic mass is 19.1. The Bertz CT molecular complexity index is 994. The predicted molar refractivity (Wildman–Crippen MR) is 100 cm³/mol. The van der Waals surface area contributed by atoms with Crippen LogP contribution in [0.5, 0.6) is 11.6 Å². The topological polar surface area (TPSA) is 85.1 Å². The maximum absolute atomic E-state index is 14.6. The summed E-state index contributed by atoms with van der Waals surface area (Å²) in [6, 6.07) is 8.66. The average molecular weight is 381 g/mol. The summed E-state index contributed by atoms with van der Waals surface area (Å²) >= 11 is 0. The molecule has 1 aliphatic carbocycles. The van der Waals surface area contributed by atoms with Crippen LogP contribution in [-0.4, -0.2) is 49.2 Å². The van der Waals surface area contributed by atoms with Gasteiger partial charge in [-0.25, -0.2) is 9.37 Å². The van der Waals surface area contributed by atoms with Gasteiger partial charge < -0.3 is 19.7 Å². The highest BCUT2D eigenvalue weighted by Gasteiger charge is 2.57. The Balaban J connectivity index is 1.34. The fraction of sp³-hybridized carbons (Fsp3) is 0.350. The van der Waals surface area contributed by atoms with Gasteiger partial charge in [0.2, 0.25) is 5.88 Å². The highest BCUT2D eigenvalue weighted by molar-refractivity contribution is 5.68. The van der Waals surface area contributed by atoms with Gasteiger partial charge in [0.15, 0.2) is 6.17 Å². The molecule has 2 bridgehead atoms. The van der Waals surface area contributed by atoms with Crippen molar-refractivity contribution in [3.8, 4) is 28.6 Å². The Labute approximate surface area is 161 Å². The summed E-state index contributed by atoms with van der Waals surface area (Å²) < 4.78 is 22.2. The second-order valence-corrected chi connectivity index (χ2v) is 7.68. The standard InChI is InChI=1S/C20H20FN5O2/c1-20-9-12(10-23-20)18(19(20)21)28-17-5-4-15(24-25-17)14-3-2-13(8-16(14)27)26-7-6-22-11-26/h2-8,11-12,18-19,23,27H,9-10H2,1H3/t12?,18-,19-,20-/m1/s1. The number of fused-ring (bicyclic) bond motifs is 2.